The maximum Gasteiger partial charge on any atom is 0.145 e. The van der Waals surface area contributed by atoms with Crippen molar-refractivity contribution in [3.05, 3.63) is 179 Å². The Morgan fingerprint density at radius 3 is 2.42 bits per heavy atom. The zero-order chi connectivity index (χ0) is 36.4. The zero-order valence-electron chi connectivity index (χ0n) is 30.5. The van der Waals surface area contributed by atoms with E-state index < -0.39 is 0 Å². The summed E-state index contributed by atoms with van der Waals surface area (Å²) >= 11 is 3.70. The second kappa shape index (κ2) is 13.2. The van der Waals surface area contributed by atoms with E-state index in [1.807, 2.05) is 17.4 Å². The molecular formula is C49H40N2S2. The topological polar surface area (TPSA) is 15.6 Å². The lowest BCUT2D eigenvalue weighted by molar-refractivity contribution is 0.829. The van der Waals surface area contributed by atoms with Crippen molar-refractivity contribution in [2.75, 3.05) is 4.90 Å². The van der Waals surface area contributed by atoms with Crippen molar-refractivity contribution in [3.63, 3.8) is 0 Å². The lowest BCUT2D eigenvalue weighted by Crippen LogP contribution is -2.29. The molecule has 0 spiro atoms. The van der Waals surface area contributed by atoms with Crippen LogP contribution in [0, 0.1) is 13.8 Å². The SMILES string of the molecule is C=C/C(C)=C(\C)Sc1cccc(C(=C)C(=Nc2ccccc2C)N2C3=CC=CCC3c3c2c2sc4ccc5ccccc5c4c2c2ccccc32)c1C. The van der Waals surface area contributed by atoms with Gasteiger partial charge in [-0.3, -0.25) is 4.90 Å². The molecule has 1 aromatic heterocycles. The van der Waals surface area contributed by atoms with E-state index in [4.69, 9.17) is 11.6 Å². The average molecular weight is 721 g/mol. The smallest absolute Gasteiger partial charge is 0.145 e. The van der Waals surface area contributed by atoms with Crippen molar-refractivity contribution in [3.8, 4) is 0 Å². The van der Waals surface area contributed by atoms with E-state index in [2.05, 4.69) is 161 Å². The van der Waals surface area contributed by atoms with Gasteiger partial charge in [-0.2, -0.15) is 0 Å². The second-order valence-electron chi connectivity index (χ2n) is 14.1. The first-order chi connectivity index (χ1) is 25.9. The Hall–Kier alpha value is -5.42. The predicted molar refractivity (Wildman–Crippen MR) is 234 cm³/mol. The van der Waals surface area contributed by atoms with Crippen LogP contribution < -0.4 is 4.90 Å². The molecule has 0 N–H and O–H groups in total. The highest BCUT2D eigenvalue weighted by molar-refractivity contribution is 8.03. The summed E-state index contributed by atoms with van der Waals surface area (Å²) < 4.78 is 2.60. The van der Waals surface area contributed by atoms with E-state index in [1.54, 1.807) is 11.8 Å². The van der Waals surface area contributed by atoms with Crippen molar-refractivity contribution < 1.29 is 0 Å². The first kappa shape index (κ1) is 33.4. The largest absolute Gasteiger partial charge is 0.296 e. The first-order valence-electron chi connectivity index (χ1n) is 18.2. The van der Waals surface area contributed by atoms with Gasteiger partial charge in [-0.05, 0) is 113 Å². The van der Waals surface area contributed by atoms with Gasteiger partial charge in [-0.25, -0.2) is 4.99 Å². The van der Waals surface area contributed by atoms with Crippen LogP contribution in [0.2, 0.25) is 0 Å². The van der Waals surface area contributed by atoms with Crippen LogP contribution in [-0.2, 0) is 0 Å². The molecule has 0 amide bonds. The van der Waals surface area contributed by atoms with E-state index >= 15 is 0 Å². The number of aliphatic imine (C=N–C) groups is 1. The van der Waals surface area contributed by atoms with Gasteiger partial charge in [0.1, 0.15) is 5.84 Å². The minimum Gasteiger partial charge on any atom is -0.296 e. The Bertz CT molecular complexity index is 2820. The van der Waals surface area contributed by atoms with Gasteiger partial charge in [0, 0.05) is 37.6 Å². The molecule has 0 radical (unpaired) electrons. The first-order valence-corrected chi connectivity index (χ1v) is 19.9. The molecule has 1 unspecified atom stereocenters. The lowest BCUT2D eigenvalue weighted by atomic mass is 9.87. The monoisotopic (exact) mass is 720 g/mol. The highest BCUT2D eigenvalue weighted by atomic mass is 32.2. The molecule has 1 atom stereocenters. The number of nitrogens with zero attached hydrogens (tertiary/aromatic N) is 2. The highest BCUT2D eigenvalue weighted by Gasteiger charge is 2.41. The highest BCUT2D eigenvalue weighted by Crippen LogP contribution is 2.58. The Morgan fingerprint density at radius 2 is 1.60 bits per heavy atom. The third-order valence-electron chi connectivity index (χ3n) is 11.1. The molecule has 7 aromatic rings. The van der Waals surface area contributed by atoms with Crippen LogP contribution in [0.4, 0.5) is 11.4 Å². The van der Waals surface area contributed by atoms with Gasteiger partial charge >= 0.3 is 0 Å². The van der Waals surface area contributed by atoms with Crippen LogP contribution >= 0.6 is 23.1 Å². The Kier molecular flexibility index (Phi) is 8.33. The summed E-state index contributed by atoms with van der Waals surface area (Å²) in [7, 11) is 0. The summed E-state index contributed by atoms with van der Waals surface area (Å²) in [5.74, 6) is 1.06. The summed E-state index contributed by atoms with van der Waals surface area (Å²) in [6, 6.07) is 37.5. The van der Waals surface area contributed by atoms with E-state index in [9.17, 15) is 0 Å². The van der Waals surface area contributed by atoms with E-state index in [0.29, 0.717) is 0 Å². The average Bonchev–Trinajstić information content (AvgIpc) is 3.75. The number of aryl methyl sites for hydroxylation is 1. The normalized spacial score (nSPS) is 15.9. The van der Waals surface area contributed by atoms with Crippen molar-refractivity contribution >= 4 is 87.6 Å². The number of rotatable bonds is 6. The Morgan fingerprint density at radius 1 is 0.849 bits per heavy atom. The number of thiophene rings is 1. The maximum absolute atomic E-state index is 5.62. The number of hydrogen-bond acceptors (Lipinski definition) is 3. The standard InChI is InChI=1S/C49H40N2S2/c1-7-29(2)33(6)52-42-26-16-23-35(31(42)4)32(5)49(50-40-24-14-8-17-30(40)3)51-41-25-15-13-22-39(41)44-37-20-11-12-21-38(37)46-45-36-19-10-9-18-34(36)27-28-43(45)53-48(46)47(44)51/h7-21,23-28,39H,1,5,22H2,2-4,6H3/b33-29+,50-49?. The van der Waals surface area contributed by atoms with E-state index in [-0.39, 0.29) is 5.92 Å². The predicted octanol–water partition coefficient (Wildman–Crippen LogP) is 14.7. The number of thioether (sulfide) groups is 1. The van der Waals surface area contributed by atoms with Crippen LogP contribution in [0.5, 0.6) is 0 Å². The minimum absolute atomic E-state index is 0.193. The molecule has 2 nitrogen and oxygen atoms in total. The molecule has 0 saturated carbocycles. The number of para-hydroxylation sites is 1. The molecule has 2 heterocycles. The van der Waals surface area contributed by atoms with Gasteiger partial charge in [0.05, 0.1) is 16.1 Å². The van der Waals surface area contributed by atoms with Gasteiger partial charge in [0.15, 0.2) is 0 Å². The van der Waals surface area contributed by atoms with Crippen molar-refractivity contribution in [1.29, 1.82) is 0 Å². The van der Waals surface area contributed by atoms with Crippen LogP contribution in [0.25, 0.3) is 47.3 Å². The summed E-state index contributed by atoms with van der Waals surface area (Å²) in [4.78, 5) is 10.6. The Balaban J connectivity index is 1.37. The van der Waals surface area contributed by atoms with Crippen LogP contribution in [0.15, 0.2) is 167 Å². The summed E-state index contributed by atoms with van der Waals surface area (Å²) in [6.45, 7) is 17.6. The number of amidine groups is 1. The molecule has 1 aliphatic carbocycles. The lowest BCUT2D eigenvalue weighted by Gasteiger charge is -2.28. The number of hydrogen-bond donors (Lipinski definition) is 0. The molecule has 258 valence electrons. The van der Waals surface area contributed by atoms with Gasteiger partial charge in [-0.1, -0.05) is 128 Å². The molecule has 1 aliphatic heterocycles. The van der Waals surface area contributed by atoms with E-state index in [1.165, 1.54) is 79.6 Å². The second-order valence-corrected chi connectivity index (χ2v) is 16.4. The number of allylic oxidation sites excluding steroid dienone is 7. The van der Waals surface area contributed by atoms with Crippen molar-refractivity contribution in [1.82, 2.24) is 0 Å². The van der Waals surface area contributed by atoms with Gasteiger partial charge < -0.3 is 0 Å². The fourth-order valence-corrected chi connectivity index (χ4v) is 10.4. The minimum atomic E-state index is 0.193. The molecule has 6 aromatic carbocycles. The van der Waals surface area contributed by atoms with Crippen LogP contribution in [-0.4, -0.2) is 5.84 Å². The third-order valence-corrected chi connectivity index (χ3v) is 13.5. The molecule has 9 rings (SSSR count). The van der Waals surface area contributed by atoms with E-state index in [0.717, 1.165) is 34.6 Å². The molecule has 0 bridgehead atoms. The third kappa shape index (κ3) is 5.35. The Labute approximate surface area is 319 Å². The van der Waals surface area contributed by atoms with Gasteiger partial charge in [0.25, 0.3) is 0 Å². The molecule has 4 heteroatoms. The summed E-state index contributed by atoms with van der Waals surface area (Å²) in [6.07, 6.45) is 9.71. The van der Waals surface area contributed by atoms with Crippen molar-refractivity contribution in [2.24, 2.45) is 4.99 Å². The molecular weight excluding hydrogens is 681 g/mol. The van der Waals surface area contributed by atoms with Crippen molar-refractivity contribution in [2.45, 2.75) is 44.9 Å². The maximum atomic E-state index is 5.62. The molecule has 2 aliphatic rings. The molecule has 0 fully saturated rings. The summed E-state index contributed by atoms with van der Waals surface area (Å²) in [5, 5.41) is 7.84. The molecule has 53 heavy (non-hydrogen) atoms. The fraction of sp³-hybridized carbons (Fsp3) is 0.122. The van der Waals surface area contributed by atoms with Gasteiger partial charge in [-0.15, -0.1) is 11.3 Å². The number of benzene rings is 6. The molecule has 0 saturated heterocycles. The summed E-state index contributed by atoms with van der Waals surface area (Å²) in [5.41, 5.74) is 10.3. The van der Waals surface area contributed by atoms with Crippen LogP contribution in [0.1, 0.15) is 48.4 Å². The number of fused-ring (bicyclic) bond motifs is 12. The fourth-order valence-electron chi connectivity index (χ4n) is 8.14. The number of anilines is 1. The van der Waals surface area contributed by atoms with Crippen LogP contribution in [0.3, 0.4) is 0 Å². The van der Waals surface area contributed by atoms with Gasteiger partial charge in [0.2, 0.25) is 0 Å². The zero-order valence-corrected chi connectivity index (χ0v) is 32.2. The quantitative estimate of drug-likeness (QED) is 0.0736.